The molecular weight excluding hydrogens is 250 g/mol. The summed E-state index contributed by atoms with van der Waals surface area (Å²) in [6, 6.07) is 0. The summed E-state index contributed by atoms with van der Waals surface area (Å²) in [7, 11) is 0. The maximum absolute atomic E-state index is 12.1. The summed E-state index contributed by atoms with van der Waals surface area (Å²) < 4.78 is 5.82. The number of amides is 1. The van der Waals surface area contributed by atoms with Crippen LogP contribution in [0.1, 0.15) is 52.9 Å². The van der Waals surface area contributed by atoms with E-state index in [0.717, 1.165) is 12.8 Å². The molecule has 0 aromatic heterocycles. The monoisotopic (exact) mass is 275 g/mol. The Morgan fingerprint density at radius 3 is 2.72 bits per heavy atom. The van der Waals surface area contributed by atoms with E-state index in [2.05, 4.69) is 6.92 Å². The van der Waals surface area contributed by atoms with Crippen molar-refractivity contribution >= 4 is 17.5 Å². The van der Waals surface area contributed by atoms with Gasteiger partial charge in [0.05, 0.1) is 17.6 Å². The highest BCUT2D eigenvalue weighted by Crippen LogP contribution is 2.22. The molecule has 0 aromatic carbocycles. The first-order chi connectivity index (χ1) is 8.48. The van der Waals surface area contributed by atoms with Crippen molar-refractivity contribution in [3.05, 3.63) is 0 Å². The minimum absolute atomic E-state index is 0.0324. The highest BCUT2D eigenvalue weighted by atomic mass is 35.5. The van der Waals surface area contributed by atoms with Crippen LogP contribution in [0, 0.1) is 0 Å². The average molecular weight is 276 g/mol. The van der Waals surface area contributed by atoms with E-state index in [-0.39, 0.29) is 17.6 Å². The molecule has 3 nitrogen and oxygen atoms in total. The third kappa shape index (κ3) is 5.15. The first-order valence-corrected chi connectivity index (χ1v) is 7.53. The largest absolute Gasteiger partial charge is 0.367 e. The first-order valence-electron chi connectivity index (χ1n) is 7.00. The number of carbonyl (C=O) groups excluding carboxylic acids is 1. The summed E-state index contributed by atoms with van der Waals surface area (Å²) in [5.41, 5.74) is -0.281. The van der Waals surface area contributed by atoms with E-state index < -0.39 is 0 Å². The molecule has 18 heavy (non-hydrogen) atoms. The number of carbonyl (C=O) groups is 1. The number of morpholine rings is 1. The van der Waals surface area contributed by atoms with E-state index in [9.17, 15) is 4.79 Å². The molecule has 1 heterocycles. The van der Waals surface area contributed by atoms with Gasteiger partial charge in [-0.05, 0) is 20.3 Å². The summed E-state index contributed by atoms with van der Waals surface area (Å²) in [6.45, 7) is 7.52. The van der Waals surface area contributed by atoms with Crippen molar-refractivity contribution in [1.29, 1.82) is 0 Å². The molecule has 0 aliphatic carbocycles. The van der Waals surface area contributed by atoms with Crippen LogP contribution in [-0.4, -0.2) is 41.5 Å². The van der Waals surface area contributed by atoms with Crippen molar-refractivity contribution in [2.24, 2.45) is 0 Å². The molecule has 0 bridgehead atoms. The fourth-order valence-electron chi connectivity index (χ4n) is 2.43. The van der Waals surface area contributed by atoms with Crippen LogP contribution in [0.3, 0.4) is 0 Å². The molecule has 1 aliphatic rings. The van der Waals surface area contributed by atoms with Gasteiger partial charge in [-0.3, -0.25) is 4.79 Å². The average Bonchev–Trinajstić information content (AvgIpc) is 2.32. The SMILES string of the molecule is CCCCCCC(=O)N1CC(CCl)OC(C)(C)C1. The van der Waals surface area contributed by atoms with Crippen LogP contribution in [0.2, 0.25) is 0 Å². The topological polar surface area (TPSA) is 29.5 Å². The fraction of sp³-hybridized carbons (Fsp3) is 0.929. The Morgan fingerprint density at radius 2 is 2.11 bits per heavy atom. The second-order valence-electron chi connectivity index (χ2n) is 5.74. The Labute approximate surface area is 116 Å². The predicted octanol–water partition coefficient (Wildman–Crippen LogP) is 3.20. The molecule has 0 N–H and O–H groups in total. The van der Waals surface area contributed by atoms with Gasteiger partial charge >= 0.3 is 0 Å². The zero-order valence-electron chi connectivity index (χ0n) is 11.9. The second-order valence-corrected chi connectivity index (χ2v) is 6.05. The summed E-state index contributed by atoms with van der Waals surface area (Å²) in [5.74, 6) is 0.695. The minimum atomic E-state index is -0.281. The lowest BCUT2D eigenvalue weighted by Gasteiger charge is -2.42. The molecule has 1 saturated heterocycles. The van der Waals surface area contributed by atoms with Gasteiger partial charge < -0.3 is 9.64 Å². The van der Waals surface area contributed by atoms with Crippen molar-refractivity contribution in [1.82, 2.24) is 4.90 Å². The number of unbranched alkanes of at least 4 members (excludes halogenated alkanes) is 3. The van der Waals surface area contributed by atoms with Crippen LogP contribution in [-0.2, 0) is 9.53 Å². The maximum atomic E-state index is 12.1. The quantitative estimate of drug-likeness (QED) is 0.550. The standard InChI is InChI=1S/C14H26ClNO2/c1-4-5-6-7-8-13(17)16-10-12(9-15)18-14(2,3)11-16/h12H,4-11H2,1-3H3. The second kappa shape index (κ2) is 7.34. The van der Waals surface area contributed by atoms with Gasteiger partial charge in [-0.25, -0.2) is 0 Å². The maximum Gasteiger partial charge on any atom is 0.222 e. The van der Waals surface area contributed by atoms with Crippen LogP contribution in [0.25, 0.3) is 0 Å². The van der Waals surface area contributed by atoms with Gasteiger partial charge in [0.1, 0.15) is 0 Å². The zero-order chi connectivity index (χ0) is 13.6. The molecule has 1 aliphatic heterocycles. The summed E-state index contributed by atoms with van der Waals surface area (Å²) in [6.07, 6.45) is 5.19. The Bertz CT molecular complexity index is 269. The zero-order valence-corrected chi connectivity index (χ0v) is 12.6. The summed E-state index contributed by atoms with van der Waals surface area (Å²) >= 11 is 5.86. The highest BCUT2D eigenvalue weighted by molar-refractivity contribution is 6.18. The number of rotatable bonds is 6. The molecule has 1 amide bonds. The smallest absolute Gasteiger partial charge is 0.222 e. The Hall–Kier alpha value is -0.280. The van der Waals surface area contributed by atoms with Crippen LogP contribution >= 0.6 is 11.6 Å². The lowest BCUT2D eigenvalue weighted by atomic mass is 10.0. The third-order valence-corrected chi connectivity index (χ3v) is 3.59. The lowest BCUT2D eigenvalue weighted by Crippen LogP contribution is -2.55. The Morgan fingerprint density at radius 1 is 1.39 bits per heavy atom. The number of alkyl halides is 1. The van der Waals surface area contributed by atoms with E-state index in [0.29, 0.717) is 25.4 Å². The predicted molar refractivity (Wildman–Crippen MR) is 75.0 cm³/mol. The first kappa shape index (κ1) is 15.8. The van der Waals surface area contributed by atoms with E-state index >= 15 is 0 Å². The normalized spacial score (nSPS) is 23.1. The van der Waals surface area contributed by atoms with Crippen LogP contribution < -0.4 is 0 Å². The van der Waals surface area contributed by atoms with Gasteiger partial charge in [0.25, 0.3) is 0 Å². The molecule has 0 radical (unpaired) electrons. The number of hydrogen-bond donors (Lipinski definition) is 0. The van der Waals surface area contributed by atoms with Gasteiger partial charge in [-0.15, -0.1) is 11.6 Å². The van der Waals surface area contributed by atoms with E-state index in [1.165, 1.54) is 12.8 Å². The van der Waals surface area contributed by atoms with Crippen molar-refractivity contribution in [3.8, 4) is 0 Å². The van der Waals surface area contributed by atoms with Crippen molar-refractivity contribution < 1.29 is 9.53 Å². The van der Waals surface area contributed by atoms with E-state index in [4.69, 9.17) is 16.3 Å². The van der Waals surface area contributed by atoms with Gasteiger partial charge in [-0.2, -0.15) is 0 Å². The lowest BCUT2D eigenvalue weighted by molar-refractivity contribution is -0.157. The molecule has 106 valence electrons. The van der Waals surface area contributed by atoms with Gasteiger partial charge in [-0.1, -0.05) is 26.2 Å². The molecule has 4 heteroatoms. The van der Waals surface area contributed by atoms with Gasteiger partial charge in [0, 0.05) is 19.5 Å². The van der Waals surface area contributed by atoms with E-state index in [1.807, 2.05) is 18.7 Å². The number of halogens is 1. The molecule has 0 spiro atoms. The van der Waals surface area contributed by atoms with Crippen molar-refractivity contribution in [2.45, 2.75) is 64.6 Å². The van der Waals surface area contributed by atoms with Gasteiger partial charge in [0.2, 0.25) is 5.91 Å². The molecule has 0 saturated carbocycles. The molecule has 1 fully saturated rings. The third-order valence-electron chi connectivity index (χ3n) is 3.25. The molecule has 0 aromatic rings. The minimum Gasteiger partial charge on any atom is -0.367 e. The summed E-state index contributed by atoms with van der Waals surface area (Å²) in [5, 5.41) is 0. The van der Waals surface area contributed by atoms with Gasteiger partial charge in [0.15, 0.2) is 0 Å². The number of nitrogens with zero attached hydrogens (tertiary/aromatic N) is 1. The highest BCUT2D eigenvalue weighted by Gasteiger charge is 2.34. The van der Waals surface area contributed by atoms with Crippen LogP contribution in [0.4, 0.5) is 0 Å². The van der Waals surface area contributed by atoms with Crippen molar-refractivity contribution in [2.75, 3.05) is 19.0 Å². The van der Waals surface area contributed by atoms with Crippen LogP contribution in [0.15, 0.2) is 0 Å². The molecule has 1 atom stereocenters. The fourth-order valence-corrected chi connectivity index (χ4v) is 2.59. The molecule has 1 rings (SSSR count). The summed E-state index contributed by atoms with van der Waals surface area (Å²) in [4.78, 5) is 14.1. The number of hydrogen-bond acceptors (Lipinski definition) is 2. The van der Waals surface area contributed by atoms with Crippen molar-refractivity contribution in [3.63, 3.8) is 0 Å². The Kier molecular flexibility index (Phi) is 6.44. The molecule has 1 unspecified atom stereocenters. The Balaban J connectivity index is 2.41. The van der Waals surface area contributed by atoms with Crippen LogP contribution in [0.5, 0.6) is 0 Å². The molecular formula is C14H26ClNO2. The number of ether oxygens (including phenoxy) is 1. The van der Waals surface area contributed by atoms with E-state index in [1.54, 1.807) is 0 Å².